The van der Waals surface area contributed by atoms with Crippen LogP contribution in [0.4, 0.5) is 15.8 Å². The first-order valence-corrected chi connectivity index (χ1v) is 8.26. The number of nitrogen functional groups attached to an aromatic ring is 1. The van der Waals surface area contributed by atoms with E-state index < -0.39 is 0 Å². The summed E-state index contributed by atoms with van der Waals surface area (Å²) in [5.74, 6) is -0.0803. The van der Waals surface area contributed by atoms with Gasteiger partial charge in [0.25, 0.3) is 0 Å². The van der Waals surface area contributed by atoms with Crippen LogP contribution in [-0.4, -0.2) is 37.0 Å². The van der Waals surface area contributed by atoms with Crippen molar-refractivity contribution in [1.29, 1.82) is 0 Å². The number of hydrogen-bond acceptors (Lipinski definition) is 3. The standard InChI is InChI=1S/C19H22FN3O.2ClH/c20-16-6-2-4-8-18(16)22-11-13-23(14-12-22)19(24)10-9-15-5-1-3-7-17(15)21;;/h1-8H,9-14,21H2;2*1H. The van der Waals surface area contributed by atoms with Gasteiger partial charge in [0.1, 0.15) is 5.82 Å². The molecule has 2 N–H and O–H groups in total. The molecule has 0 atom stereocenters. The molecule has 1 aliphatic rings. The summed E-state index contributed by atoms with van der Waals surface area (Å²) >= 11 is 0. The average molecular weight is 400 g/mol. The SMILES string of the molecule is Cl.Cl.Nc1ccccc1CCC(=O)N1CCN(c2ccccc2F)CC1. The number of amides is 1. The lowest BCUT2D eigenvalue weighted by molar-refractivity contribution is -0.131. The summed E-state index contributed by atoms with van der Waals surface area (Å²) in [6.07, 6.45) is 1.10. The lowest BCUT2D eigenvalue weighted by Crippen LogP contribution is -2.49. The maximum Gasteiger partial charge on any atom is 0.223 e. The minimum atomic E-state index is -0.211. The Bertz CT molecular complexity index is 721. The molecule has 2 aromatic carbocycles. The van der Waals surface area contributed by atoms with E-state index in [1.54, 1.807) is 12.1 Å². The van der Waals surface area contributed by atoms with Crippen molar-refractivity contribution in [1.82, 2.24) is 4.90 Å². The summed E-state index contributed by atoms with van der Waals surface area (Å²) < 4.78 is 13.8. The summed E-state index contributed by atoms with van der Waals surface area (Å²) in [7, 11) is 0. The van der Waals surface area contributed by atoms with Gasteiger partial charge in [0, 0.05) is 38.3 Å². The van der Waals surface area contributed by atoms with Gasteiger partial charge in [-0.05, 0) is 30.2 Å². The van der Waals surface area contributed by atoms with Gasteiger partial charge in [-0.1, -0.05) is 30.3 Å². The number of aryl methyl sites for hydroxylation is 1. The zero-order valence-electron chi connectivity index (χ0n) is 14.4. The molecule has 0 radical (unpaired) electrons. The number of carbonyl (C=O) groups excluding carboxylic acids is 1. The summed E-state index contributed by atoms with van der Waals surface area (Å²) in [6, 6.07) is 14.4. The Hall–Kier alpha value is -1.98. The molecule has 2 aromatic rings. The Balaban J connectivity index is 0.00000169. The van der Waals surface area contributed by atoms with Crippen LogP contribution < -0.4 is 10.6 Å². The van der Waals surface area contributed by atoms with Crippen molar-refractivity contribution in [2.75, 3.05) is 36.8 Å². The first kappa shape index (κ1) is 22.1. The van der Waals surface area contributed by atoms with Crippen LogP contribution in [-0.2, 0) is 11.2 Å². The van der Waals surface area contributed by atoms with E-state index in [1.165, 1.54) is 6.07 Å². The molecule has 1 saturated heterocycles. The Labute approximate surface area is 166 Å². The zero-order valence-corrected chi connectivity index (χ0v) is 16.1. The quantitative estimate of drug-likeness (QED) is 0.799. The van der Waals surface area contributed by atoms with Crippen LogP contribution in [0.5, 0.6) is 0 Å². The van der Waals surface area contributed by atoms with Crippen molar-refractivity contribution in [2.24, 2.45) is 0 Å². The molecule has 0 aromatic heterocycles. The first-order chi connectivity index (χ1) is 11.6. The highest BCUT2D eigenvalue weighted by atomic mass is 35.5. The van der Waals surface area contributed by atoms with Crippen LogP contribution in [0.25, 0.3) is 0 Å². The molecule has 142 valence electrons. The molecule has 7 heteroatoms. The van der Waals surface area contributed by atoms with Gasteiger partial charge in [0.15, 0.2) is 0 Å². The molecule has 0 bridgehead atoms. The Morgan fingerprint density at radius 1 is 0.962 bits per heavy atom. The highest BCUT2D eigenvalue weighted by Crippen LogP contribution is 2.20. The Morgan fingerprint density at radius 2 is 1.58 bits per heavy atom. The number of nitrogens with two attached hydrogens (primary N) is 1. The third-order valence-electron chi connectivity index (χ3n) is 4.49. The van der Waals surface area contributed by atoms with Crippen molar-refractivity contribution in [3.05, 3.63) is 59.9 Å². The van der Waals surface area contributed by atoms with Crippen molar-refractivity contribution in [3.63, 3.8) is 0 Å². The number of halogens is 3. The fraction of sp³-hybridized carbons (Fsp3) is 0.316. The molecule has 0 spiro atoms. The summed E-state index contributed by atoms with van der Waals surface area (Å²) in [6.45, 7) is 2.55. The molecule has 1 fully saturated rings. The van der Waals surface area contributed by atoms with Gasteiger partial charge in [-0.3, -0.25) is 4.79 Å². The van der Waals surface area contributed by atoms with E-state index in [4.69, 9.17) is 5.73 Å². The Kier molecular flexibility index (Phi) is 8.69. The number of piperazine rings is 1. The van der Waals surface area contributed by atoms with E-state index in [0.717, 1.165) is 11.3 Å². The summed E-state index contributed by atoms with van der Waals surface area (Å²) in [5.41, 5.74) is 8.27. The first-order valence-electron chi connectivity index (χ1n) is 8.26. The van der Waals surface area contributed by atoms with Crippen molar-refractivity contribution >= 4 is 42.1 Å². The van der Waals surface area contributed by atoms with Crippen LogP contribution in [0.2, 0.25) is 0 Å². The molecule has 0 aliphatic carbocycles. The fourth-order valence-corrected chi connectivity index (χ4v) is 3.07. The lowest BCUT2D eigenvalue weighted by Gasteiger charge is -2.36. The maximum atomic E-state index is 13.8. The van der Waals surface area contributed by atoms with Crippen LogP contribution in [0.1, 0.15) is 12.0 Å². The van der Waals surface area contributed by atoms with Gasteiger partial charge in [-0.2, -0.15) is 0 Å². The number of anilines is 2. The second-order valence-electron chi connectivity index (χ2n) is 6.02. The molecule has 3 rings (SSSR count). The van der Waals surface area contributed by atoms with E-state index in [9.17, 15) is 9.18 Å². The van der Waals surface area contributed by atoms with E-state index >= 15 is 0 Å². The molecular formula is C19H24Cl2FN3O. The number of nitrogens with zero attached hydrogens (tertiary/aromatic N) is 2. The zero-order chi connectivity index (χ0) is 16.9. The Morgan fingerprint density at radius 3 is 2.23 bits per heavy atom. The van der Waals surface area contributed by atoms with Gasteiger partial charge >= 0.3 is 0 Å². The van der Waals surface area contributed by atoms with Crippen LogP contribution >= 0.6 is 24.8 Å². The number of rotatable bonds is 4. The van der Waals surface area contributed by atoms with Crippen molar-refractivity contribution in [3.8, 4) is 0 Å². The molecule has 1 amide bonds. The van der Waals surface area contributed by atoms with Crippen LogP contribution in [0, 0.1) is 5.82 Å². The molecule has 4 nitrogen and oxygen atoms in total. The van der Waals surface area contributed by atoms with Crippen molar-refractivity contribution in [2.45, 2.75) is 12.8 Å². The number of benzene rings is 2. The number of carbonyl (C=O) groups is 1. The largest absolute Gasteiger partial charge is 0.399 e. The molecule has 1 aliphatic heterocycles. The van der Waals surface area contributed by atoms with E-state index in [0.29, 0.717) is 44.7 Å². The monoisotopic (exact) mass is 399 g/mol. The second-order valence-corrected chi connectivity index (χ2v) is 6.02. The molecule has 1 heterocycles. The highest BCUT2D eigenvalue weighted by Gasteiger charge is 2.22. The molecule has 0 saturated carbocycles. The smallest absolute Gasteiger partial charge is 0.223 e. The fourth-order valence-electron chi connectivity index (χ4n) is 3.07. The average Bonchev–Trinajstić information content (AvgIpc) is 2.61. The number of para-hydroxylation sites is 2. The minimum absolute atomic E-state index is 0. The van der Waals surface area contributed by atoms with Gasteiger partial charge in [-0.25, -0.2) is 4.39 Å². The van der Waals surface area contributed by atoms with Gasteiger partial charge in [-0.15, -0.1) is 24.8 Å². The third-order valence-corrected chi connectivity index (χ3v) is 4.49. The lowest BCUT2D eigenvalue weighted by atomic mass is 10.1. The molecule has 0 unspecified atom stereocenters. The van der Waals surface area contributed by atoms with E-state index in [-0.39, 0.29) is 36.5 Å². The van der Waals surface area contributed by atoms with Gasteiger partial charge in [0.2, 0.25) is 5.91 Å². The van der Waals surface area contributed by atoms with Crippen LogP contribution in [0.15, 0.2) is 48.5 Å². The summed E-state index contributed by atoms with van der Waals surface area (Å²) in [5, 5.41) is 0. The van der Waals surface area contributed by atoms with E-state index in [2.05, 4.69) is 0 Å². The van der Waals surface area contributed by atoms with Gasteiger partial charge in [0.05, 0.1) is 5.69 Å². The predicted molar refractivity (Wildman–Crippen MR) is 109 cm³/mol. The molecule has 26 heavy (non-hydrogen) atoms. The van der Waals surface area contributed by atoms with Gasteiger partial charge < -0.3 is 15.5 Å². The third kappa shape index (κ3) is 5.26. The minimum Gasteiger partial charge on any atom is -0.399 e. The van der Waals surface area contributed by atoms with E-state index in [1.807, 2.05) is 40.1 Å². The molecular weight excluding hydrogens is 376 g/mol. The van der Waals surface area contributed by atoms with Crippen LogP contribution in [0.3, 0.4) is 0 Å². The second kappa shape index (κ2) is 10.2. The predicted octanol–water partition coefficient (Wildman–Crippen LogP) is 3.53. The van der Waals surface area contributed by atoms with Crippen molar-refractivity contribution < 1.29 is 9.18 Å². The summed E-state index contributed by atoms with van der Waals surface area (Å²) in [4.78, 5) is 16.2. The maximum absolute atomic E-state index is 13.8. The highest BCUT2D eigenvalue weighted by molar-refractivity contribution is 5.85. The number of hydrogen-bond donors (Lipinski definition) is 1. The topological polar surface area (TPSA) is 49.6 Å². The normalized spacial score (nSPS) is 13.6.